The first-order valence-corrected chi connectivity index (χ1v) is 9.03. The fraction of sp³-hybridized carbons (Fsp3) is 0.300. The maximum atomic E-state index is 6.10. The van der Waals surface area contributed by atoms with Gasteiger partial charge in [0.05, 0.1) is 6.20 Å². The molecule has 132 valence electrons. The number of hydrogen-bond donors (Lipinski definition) is 0. The summed E-state index contributed by atoms with van der Waals surface area (Å²) < 4.78 is 13.9. The SMILES string of the molecule is CCN1CCC(Oc2ccc3ncc(-c4cc5ccccc5o4)n3n2)C1. The molecule has 3 aromatic heterocycles. The molecule has 1 saturated heterocycles. The lowest BCUT2D eigenvalue weighted by molar-refractivity contribution is 0.192. The van der Waals surface area contributed by atoms with Crippen molar-refractivity contribution in [3.05, 3.63) is 48.7 Å². The van der Waals surface area contributed by atoms with E-state index in [0.29, 0.717) is 5.88 Å². The second kappa shape index (κ2) is 6.14. The molecule has 0 radical (unpaired) electrons. The third kappa shape index (κ3) is 2.63. The average molecular weight is 348 g/mol. The minimum atomic E-state index is 0.193. The number of fused-ring (bicyclic) bond motifs is 2. The summed E-state index contributed by atoms with van der Waals surface area (Å²) >= 11 is 0. The summed E-state index contributed by atoms with van der Waals surface area (Å²) in [6.07, 6.45) is 3.02. The number of likely N-dealkylation sites (N-methyl/N-ethyl adjacent to an activating group) is 1. The molecule has 1 fully saturated rings. The highest BCUT2D eigenvalue weighted by molar-refractivity contribution is 5.82. The Morgan fingerprint density at radius 2 is 2.15 bits per heavy atom. The highest BCUT2D eigenvalue weighted by Crippen LogP contribution is 2.28. The molecule has 1 aliphatic rings. The van der Waals surface area contributed by atoms with E-state index in [1.165, 1.54) is 0 Å². The van der Waals surface area contributed by atoms with Crippen LogP contribution in [0.1, 0.15) is 13.3 Å². The zero-order valence-corrected chi connectivity index (χ0v) is 14.6. The van der Waals surface area contributed by atoms with Crippen molar-refractivity contribution >= 4 is 16.6 Å². The van der Waals surface area contributed by atoms with E-state index >= 15 is 0 Å². The predicted molar refractivity (Wildman–Crippen MR) is 99.3 cm³/mol. The molecule has 1 aliphatic heterocycles. The number of para-hydroxylation sites is 1. The second-order valence-corrected chi connectivity index (χ2v) is 6.66. The van der Waals surface area contributed by atoms with Gasteiger partial charge in [-0.3, -0.25) is 4.90 Å². The van der Waals surface area contributed by atoms with E-state index < -0.39 is 0 Å². The van der Waals surface area contributed by atoms with E-state index in [4.69, 9.17) is 9.15 Å². The highest BCUT2D eigenvalue weighted by atomic mass is 16.5. The molecule has 0 aliphatic carbocycles. The number of rotatable bonds is 4. The van der Waals surface area contributed by atoms with Crippen LogP contribution in [0.25, 0.3) is 28.1 Å². The Kier molecular flexibility index (Phi) is 3.64. The fourth-order valence-corrected chi connectivity index (χ4v) is 3.55. The summed E-state index contributed by atoms with van der Waals surface area (Å²) in [5, 5.41) is 5.71. The van der Waals surface area contributed by atoms with Gasteiger partial charge in [-0.05, 0) is 31.2 Å². The highest BCUT2D eigenvalue weighted by Gasteiger charge is 2.23. The van der Waals surface area contributed by atoms with E-state index in [1.807, 2.05) is 42.5 Å². The Balaban J connectivity index is 1.49. The van der Waals surface area contributed by atoms with E-state index in [2.05, 4.69) is 21.9 Å². The van der Waals surface area contributed by atoms with Crippen LogP contribution in [0.2, 0.25) is 0 Å². The lowest BCUT2D eigenvalue weighted by atomic mass is 10.2. The number of hydrogen-bond acceptors (Lipinski definition) is 5. The Morgan fingerprint density at radius 1 is 1.23 bits per heavy atom. The van der Waals surface area contributed by atoms with Gasteiger partial charge < -0.3 is 9.15 Å². The van der Waals surface area contributed by atoms with Gasteiger partial charge in [0.15, 0.2) is 11.4 Å². The molecule has 1 aromatic carbocycles. The number of benzene rings is 1. The number of aromatic nitrogens is 3. The number of imidazole rings is 1. The zero-order chi connectivity index (χ0) is 17.5. The summed E-state index contributed by atoms with van der Waals surface area (Å²) in [4.78, 5) is 6.83. The minimum absolute atomic E-state index is 0.193. The standard InChI is InChI=1S/C20H20N4O2/c1-2-23-10-9-15(13-23)25-20-8-7-19-21-12-16(24(19)22-20)18-11-14-5-3-4-6-17(14)26-18/h3-8,11-12,15H,2,9-10,13H2,1H3. The van der Waals surface area contributed by atoms with Crippen LogP contribution in [0.15, 0.2) is 53.1 Å². The first-order valence-electron chi connectivity index (χ1n) is 9.03. The normalized spacial score (nSPS) is 18.1. The summed E-state index contributed by atoms with van der Waals surface area (Å²) in [6.45, 7) is 5.27. The van der Waals surface area contributed by atoms with Crippen LogP contribution < -0.4 is 4.74 Å². The van der Waals surface area contributed by atoms with Gasteiger partial charge in [-0.1, -0.05) is 25.1 Å². The van der Waals surface area contributed by atoms with Gasteiger partial charge in [0.25, 0.3) is 0 Å². The largest absolute Gasteiger partial charge is 0.472 e. The molecule has 6 heteroatoms. The molecule has 0 saturated carbocycles. The predicted octanol–water partition coefficient (Wildman–Crippen LogP) is 3.62. The molecule has 0 bridgehead atoms. The van der Waals surface area contributed by atoms with Crippen molar-refractivity contribution in [2.75, 3.05) is 19.6 Å². The van der Waals surface area contributed by atoms with Gasteiger partial charge in [-0.25, -0.2) is 9.50 Å². The Bertz CT molecular complexity index is 1030. The summed E-state index contributed by atoms with van der Waals surface area (Å²) in [6, 6.07) is 13.8. The Morgan fingerprint density at radius 3 is 3.00 bits per heavy atom. The van der Waals surface area contributed by atoms with Gasteiger partial charge in [0.1, 0.15) is 17.4 Å². The van der Waals surface area contributed by atoms with Crippen molar-refractivity contribution in [2.45, 2.75) is 19.4 Å². The molecule has 4 aromatic rings. The number of nitrogens with zero attached hydrogens (tertiary/aromatic N) is 4. The zero-order valence-electron chi connectivity index (χ0n) is 14.6. The lowest BCUT2D eigenvalue weighted by Crippen LogP contribution is -2.24. The van der Waals surface area contributed by atoms with Crippen LogP contribution in [-0.4, -0.2) is 45.2 Å². The van der Waals surface area contributed by atoms with Gasteiger partial charge in [-0.15, -0.1) is 5.10 Å². The molecule has 0 spiro atoms. The summed E-state index contributed by atoms with van der Waals surface area (Å²) in [5.41, 5.74) is 2.45. The van der Waals surface area contributed by atoms with Gasteiger partial charge >= 0.3 is 0 Å². The van der Waals surface area contributed by atoms with Gasteiger partial charge in [0.2, 0.25) is 5.88 Å². The minimum Gasteiger partial charge on any atom is -0.472 e. The van der Waals surface area contributed by atoms with Crippen LogP contribution in [-0.2, 0) is 0 Å². The van der Waals surface area contributed by atoms with E-state index in [0.717, 1.165) is 54.1 Å². The lowest BCUT2D eigenvalue weighted by Gasteiger charge is -2.14. The summed E-state index contributed by atoms with van der Waals surface area (Å²) in [7, 11) is 0. The number of furan rings is 1. The van der Waals surface area contributed by atoms with E-state index in [1.54, 1.807) is 10.7 Å². The van der Waals surface area contributed by atoms with Crippen LogP contribution in [0.4, 0.5) is 0 Å². The van der Waals surface area contributed by atoms with Crippen molar-refractivity contribution in [1.29, 1.82) is 0 Å². The smallest absolute Gasteiger partial charge is 0.232 e. The topological polar surface area (TPSA) is 55.8 Å². The molecule has 0 amide bonds. The molecule has 1 unspecified atom stereocenters. The van der Waals surface area contributed by atoms with Crippen LogP contribution in [0, 0.1) is 0 Å². The van der Waals surface area contributed by atoms with Crippen LogP contribution >= 0.6 is 0 Å². The maximum Gasteiger partial charge on any atom is 0.232 e. The monoisotopic (exact) mass is 348 g/mol. The molecule has 4 heterocycles. The number of likely N-dealkylation sites (tertiary alicyclic amines) is 1. The fourth-order valence-electron chi connectivity index (χ4n) is 3.55. The van der Waals surface area contributed by atoms with Crippen molar-refractivity contribution in [1.82, 2.24) is 19.5 Å². The molecule has 1 atom stereocenters. The number of ether oxygens (including phenoxy) is 1. The third-order valence-corrected chi connectivity index (χ3v) is 4.98. The quantitative estimate of drug-likeness (QED) is 0.564. The average Bonchev–Trinajstić information content (AvgIpc) is 3.38. The van der Waals surface area contributed by atoms with Gasteiger partial charge in [0, 0.05) is 24.5 Å². The van der Waals surface area contributed by atoms with Crippen molar-refractivity contribution in [2.24, 2.45) is 0 Å². The molecular weight excluding hydrogens is 328 g/mol. The van der Waals surface area contributed by atoms with Crippen molar-refractivity contribution in [3.63, 3.8) is 0 Å². The molecule has 5 rings (SSSR count). The molecule has 0 N–H and O–H groups in total. The molecular formula is C20H20N4O2. The third-order valence-electron chi connectivity index (χ3n) is 4.98. The Hall–Kier alpha value is -2.86. The van der Waals surface area contributed by atoms with Crippen molar-refractivity contribution < 1.29 is 9.15 Å². The first kappa shape index (κ1) is 15.4. The van der Waals surface area contributed by atoms with Crippen LogP contribution in [0.3, 0.4) is 0 Å². The second-order valence-electron chi connectivity index (χ2n) is 6.66. The van der Waals surface area contributed by atoms with Gasteiger partial charge in [-0.2, -0.15) is 0 Å². The molecule has 26 heavy (non-hydrogen) atoms. The van der Waals surface area contributed by atoms with E-state index in [-0.39, 0.29) is 6.10 Å². The van der Waals surface area contributed by atoms with Crippen LogP contribution in [0.5, 0.6) is 5.88 Å². The first-order chi connectivity index (χ1) is 12.8. The molecule has 6 nitrogen and oxygen atoms in total. The maximum absolute atomic E-state index is 6.10. The van der Waals surface area contributed by atoms with E-state index in [9.17, 15) is 0 Å². The summed E-state index contributed by atoms with van der Waals surface area (Å²) in [5.74, 6) is 1.37. The Labute approximate surface area is 151 Å². The van der Waals surface area contributed by atoms with Crippen molar-refractivity contribution in [3.8, 4) is 17.3 Å².